The van der Waals surface area contributed by atoms with Crippen LogP contribution in [0.5, 0.6) is 0 Å². The fourth-order valence-corrected chi connectivity index (χ4v) is 8.37. The van der Waals surface area contributed by atoms with Crippen molar-refractivity contribution in [2.75, 3.05) is 13.2 Å². The Bertz CT molecular complexity index is 1430. The lowest BCUT2D eigenvalue weighted by atomic mass is 10.0. The molecule has 0 spiro atoms. The summed E-state index contributed by atoms with van der Waals surface area (Å²) >= 11 is 0. The molecule has 0 radical (unpaired) electrons. The maximum atomic E-state index is 12.8. The van der Waals surface area contributed by atoms with E-state index in [9.17, 15) is 14.4 Å². The number of carbonyl (C=O) groups is 3. The predicted molar refractivity (Wildman–Crippen MR) is 311 cm³/mol. The van der Waals surface area contributed by atoms with Gasteiger partial charge < -0.3 is 14.2 Å². The number of esters is 3. The molecule has 0 rings (SSSR count). The smallest absolute Gasteiger partial charge is 0.306 e. The molecule has 0 saturated heterocycles. The zero-order valence-corrected chi connectivity index (χ0v) is 47.2. The lowest BCUT2D eigenvalue weighted by molar-refractivity contribution is -0.167. The van der Waals surface area contributed by atoms with Crippen molar-refractivity contribution in [3.8, 4) is 0 Å². The molecule has 0 fully saturated rings. The number of hydrogen-bond donors (Lipinski definition) is 0. The average Bonchev–Trinajstić information content (AvgIpc) is 3.38. The first-order chi connectivity index (χ1) is 35.5. The molecule has 412 valence electrons. The summed E-state index contributed by atoms with van der Waals surface area (Å²) in [5.74, 6) is -0.898. The second-order valence-corrected chi connectivity index (χ2v) is 19.9. The molecule has 6 nitrogen and oxygen atoms in total. The minimum Gasteiger partial charge on any atom is -0.462 e. The Kier molecular flexibility index (Phi) is 56.8. The lowest BCUT2D eigenvalue weighted by Gasteiger charge is -2.18. The third kappa shape index (κ3) is 57.2. The van der Waals surface area contributed by atoms with Crippen LogP contribution in [0.25, 0.3) is 0 Å². The molecular formula is C66H112O6. The van der Waals surface area contributed by atoms with Crippen molar-refractivity contribution in [1.82, 2.24) is 0 Å². The van der Waals surface area contributed by atoms with Gasteiger partial charge in [-0.05, 0) is 96.3 Å². The molecule has 0 bridgehead atoms. The Morgan fingerprint density at radius 2 is 0.542 bits per heavy atom. The number of allylic oxidation sites excluding steroid dienone is 16. The van der Waals surface area contributed by atoms with Gasteiger partial charge >= 0.3 is 17.9 Å². The third-order valence-corrected chi connectivity index (χ3v) is 12.8. The molecule has 0 aliphatic carbocycles. The van der Waals surface area contributed by atoms with Gasteiger partial charge in [0.1, 0.15) is 13.2 Å². The van der Waals surface area contributed by atoms with E-state index in [-0.39, 0.29) is 31.1 Å². The SMILES string of the molecule is CC/C=C\C/C=C\C/C=C\C/C=C\C/C=C\CCCCCCCCCCCCCCCCCC(=O)OCC(COC(=O)CCCCCCCCCC)OC(=O)CCCCCCC/C=C\C/C=C\C/C=C\CC. The summed E-state index contributed by atoms with van der Waals surface area (Å²) in [5, 5.41) is 0. The van der Waals surface area contributed by atoms with Crippen LogP contribution in [0.1, 0.15) is 284 Å². The zero-order chi connectivity index (χ0) is 52.2. The van der Waals surface area contributed by atoms with Crippen molar-refractivity contribution in [2.24, 2.45) is 0 Å². The van der Waals surface area contributed by atoms with E-state index in [1.54, 1.807) is 0 Å². The average molecular weight is 1000 g/mol. The number of unbranched alkanes of at least 4 members (excludes halogenated alkanes) is 27. The van der Waals surface area contributed by atoms with Gasteiger partial charge in [0.05, 0.1) is 0 Å². The van der Waals surface area contributed by atoms with E-state index in [0.29, 0.717) is 19.3 Å². The van der Waals surface area contributed by atoms with E-state index in [0.717, 1.165) is 128 Å². The molecule has 0 N–H and O–H groups in total. The van der Waals surface area contributed by atoms with Crippen molar-refractivity contribution in [3.05, 3.63) is 97.2 Å². The largest absolute Gasteiger partial charge is 0.462 e. The van der Waals surface area contributed by atoms with Crippen LogP contribution in [0.2, 0.25) is 0 Å². The van der Waals surface area contributed by atoms with Crippen LogP contribution in [0.4, 0.5) is 0 Å². The molecule has 0 aromatic heterocycles. The molecule has 0 aliphatic heterocycles. The van der Waals surface area contributed by atoms with Gasteiger partial charge in [0, 0.05) is 19.3 Å². The highest BCUT2D eigenvalue weighted by molar-refractivity contribution is 5.71. The summed E-state index contributed by atoms with van der Waals surface area (Å²) in [6, 6.07) is 0. The van der Waals surface area contributed by atoms with Gasteiger partial charge in [0.15, 0.2) is 6.10 Å². The molecular weight excluding hydrogens is 889 g/mol. The van der Waals surface area contributed by atoms with Crippen molar-refractivity contribution in [2.45, 2.75) is 290 Å². The predicted octanol–water partition coefficient (Wildman–Crippen LogP) is 20.5. The summed E-state index contributed by atoms with van der Waals surface area (Å²) in [5.41, 5.74) is 0. The van der Waals surface area contributed by atoms with E-state index in [4.69, 9.17) is 14.2 Å². The van der Waals surface area contributed by atoms with Crippen molar-refractivity contribution in [3.63, 3.8) is 0 Å². The minimum atomic E-state index is -0.783. The van der Waals surface area contributed by atoms with Crippen molar-refractivity contribution >= 4 is 17.9 Å². The molecule has 0 amide bonds. The Morgan fingerprint density at radius 1 is 0.292 bits per heavy atom. The van der Waals surface area contributed by atoms with Crippen LogP contribution in [-0.4, -0.2) is 37.2 Å². The highest BCUT2D eigenvalue weighted by atomic mass is 16.6. The first-order valence-electron chi connectivity index (χ1n) is 30.2. The van der Waals surface area contributed by atoms with Gasteiger partial charge in [0.25, 0.3) is 0 Å². The first kappa shape index (κ1) is 68.3. The molecule has 1 unspecified atom stereocenters. The summed E-state index contributed by atoms with van der Waals surface area (Å²) in [7, 11) is 0. The first-order valence-corrected chi connectivity index (χ1v) is 30.2. The number of hydrogen-bond acceptors (Lipinski definition) is 6. The van der Waals surface area contributed by atoms with E-state index >= 15 is 0 Å². The normalized spacial score (nSPS) is 12.8. The van der Waals surface area contributed by atoms with Crippen molar-refractivity contribution < 1.29 is 28.6 Å². The van der Waals surface area contributed by atoms with Gasteiger partial charge in [-0.1, -0.05) is 266 Å². The fourth-order valence-electron chi connectivity index (χ4n) is 8.37. The zero-order valence-electron chi connectivity index (χ0n) is 47.2. The molecule has 0 aromatic rings. The topological polar surface area (TPSA) is 78.9 Å². The monoisotopic (exact) mass is 1000 g/mol. The summed E-state index contributed by atoms with van der Waals surface area (Å²) in [4.78, 5) is 38.0. The molecule has 0 saturated carbocycles. The lowest BCUT2D eigenvalue weighted by Crippen LogP contribution is -2.30. The van der Waals surface area contributed by atoms with Crippen molar-refractivity contribution in [1.29, 1.82) is 0 Å². The second kappa shape index (κ2) is 59.9. The van der Waals surface area contributed by atoms with Crippen LogP contribution < -0.4 is 0 Å². The van der Waals surface area contributed by atoms with Gasteiger partial charge in [0.2, 0.25) is 0 Å². The van der Waals surface area contributed by atoms with Gasteiger partial charge in [-0.2, -0.15) is 0 Å². The molecule has 6 heteroatoms. The Balaban J connectivity index is 4.10. The van der Waals surface area contributed by atoms with Crippen LogP contribution in [-0.2, 0) is 28.6 Å². The maximum absolute atomic E-state index is 12.8. The molecule has 0 heterocycles. The number of carbonyl (C=O) groups excluding carboxylic acids is 3. The summed E-state index contributed by atoms with van der Waals surface area (Å²) in [6.45, 7) is 6.38. The van der Waals surface area contributed by atoms with Crippen LogP contribution in [0, 0.1) is 0 Å². The highest BCUT2D eigenvalue weighted by Crippen LogP contribution is 2.16. The summed E-state index contributed by atoms with van der Waals surface area (Å²) < 4.78 is 16.8. The molecule has 1 atom stereocenters. The van der Waals surface area contributed by atoms with Crippen LogP contribution in [0.3, 0.4) is 0 Å². The Morgan fingerprint density at radius 3 is 0.847 bits per heavy atom. The number of rotatable bonds is 54. The number of ether oxygens (including phenoxy) is 3. The maximum Gasteiger partial charge on any atom is 0.306 e. The quantitative estimate of drug-likeness (QED) is 0.0261. The van der Waals surface area contributed by atoms with E-state index in [1.165, 1.54) is 116 Å². The minimum absolute atomic E-state index is 0.0818. The van der Waals surface area contributed by atoms with E-state index in [2.05, 4.69) is 118 Å². The molecule has 0 aromatic carbocycles. The van der Waals surface area contributed by atoms with E-state index < -0.39 is 6.10 Å². The van der Waals surface area contributed by atoms with Crippen LogP contribution in [0.15, 0.2) is 97.2 Å². The van der Waals surface area contributed by atoms with Gasteiger partial charge in [-0.3, -0.25) is 14.4 Å². The molecule has 0 aliphatic rings. The van der Waals surface area contributed by atoms with Gasteiger partial charge in [-0.25, -0.2) is 0 Å². The summed E-state index contributed by atoms with van der Waals surface area (Å²) in [6.07, 6.45) is 80.0. The second-order valence-electron chi connectivity index (χ2n) is 19.9. The standard InChI is InChI=1S/C66H112O6/c1-4-7-10-13-16-19-21-23-25-26-27-28-29-30-31-32-33-34-35-36-37-38-39-40-42-43-45-47-50-53-56-59-65(68)71-62-63(61-70-64(67)58-55-52-49-18-15-12-9-6-3)72-66(69)60-57-54-51-48-46-44-41-24-22-20-17-14-11-8-5-2/h7-8,10-11,16-17,19-20,23-25,27-28,30-31,41,63H,4-6,9,12-15,18,21-22,26,29,32-40,42-62H2,1-3H3/b10-7-,11-8-,19-16-,20-17-,25-23-,28-27-,31-30-,41-24-. The Hall–Kier alpha value is -3.67. The fraction of sp³-hybridized carbons (Fsp3) is 0.712. The third-order valence-electron chi connectivity index (χ3n) is 12.8. The van der Waals surface area contributed by atoms with Crippen LogP contribution >= 0.6 is 0 Å². The highest BCUT2D eigenvalue weighted by Gasteiger charge is 2.19. The Labute approximate surface area is 445 Å². The molecule has 72 heavy (non-hydrogen) atoms. The van der Waals surface area contributed by atoms with Gasteiger partial charge in [-0.15, -0.1) is 0 Å². The van der Waals surface area contributed by atoms with E-state index in [1.807, 2.05) is 0 Å².